The van der Waals surface area contributed by atoms with Crippen LogP contribution in [0.1, 0.15) is 5.89 Å². The maximum Gasteiger partial charge on any atom is 0.420 e. The van der Waals surface area contributed by atoms with Gasteiger partial charge in [-0.1, -0.05) is 47.1 Å². The number of carbonyl (C=O) groups is 1. The van der Waals surface area contributed by atoms with Gasteiger partial charge in [0.25, 0.3) is 0 Å². The summed E-state index contributed by atoms with van der Waals surface area (Å²) in [5.41, 5.74) is 1.63. The number of oxazole rings is 1. The minimum atomic E-state index is -0.633. The number of nitrogens with one attached hydrogen (secondary N) is 1. The topological polar surface area (TPSA) is 103 Å². The average molecular weight is 385 g/mol. The molecule has 0 unspecified atom stereocenters. The second-order valence-electron chi connectivity index (χ2n) is 5.72. The van der Waals surface area contributed by atoms with Crippen molar-refractivity contribution in [2.24, 2.45) is 0 Å². The summed E-state index contributed by atoms with van der Waals surface area (Å²) in [5.74, 6) is -0.326. The number of amides is 1. The lowest BCUT2D eigenvalue weighted by molar-refractivity contribution is -0.122. The van der Waals surface area contributed by atoms with Gasteiger partial charge < -0.3 is 14.3 Å². The fraction of sp³-hybridized carbons (Fsp3) is 0.111. The molecular weight excluding hydrogens is 372 g/mol. The first-order valence-corrected chi connectivity index (χ1v) is 8.41. The van der Waals surface area contributed by atoms with E-state index in [-0.39, 0.29) is 19.0 Å². The van der Waals surface area contributed by atoms with Crippen LogP contribution in [-0.2, 0) is 17.9 Å². The van der Waals surface area contributed by atoms with Gasteiger partial charge in [-0.05, 0) is 12.1 Å². The van der Waals surface area contributed by atoms with E-state index >= 15 is 0 Å². The summed E-state index contributed by atoms with van der Waals surface area (Å²) in [5, 5.41) is 6.97. The molecule has 1 amide bonds. The summed E-state index contributed by atoms with van der Waals surface area (Å²) < 4.78 is 11.5. The Morgan fingerprint density at radius 1 is 1.19 bits per heavy atom. The van der Waals surface area contributed by atoms with Crippen molar-refractivity contribution in [1.29, 1.82) is 0 Å². The molecule has 0 aliphatic heterocycles. The average Bonchev–Trinajstić information content (AvgIpc) is 3.25. The van der Waals surface area contributed by atoms with Gasteiger partial charge in [-0.3, -0.25) is 9.36 Å². The molecule has 0 bridgehead atoms. The Hall–Kier alpha value is -3.39. The van der Waals surface area contributed by atoms with Crippen molar-refractivity contribution < 1.29 is 13.7 Å². The normalized spacial score (nSPS) is 11.0. The van der Waals surface area contributed by atoms with Gasteiger partial charge in [-0.25, -0.2) is 4.79 Å². The summed E-state index contributed by atoms with van der Waals surface area (Å²) >= 11 is 5.88. The third kappa shape index (κ3) is 3.61. The number of rotatable bonds is 5. The van der Waals surface area contributed by atoms with Crippen molar-refractivity contribution in [3.8, 4) is 11.4 Å². The molecule has 9 heteroatoms. The summed E-state index contributed by atoms with van der Waals surface area (Å²) in [6.45, 7) is -0.151. The molecule has 0 saturated heterocycles. The molecule has 0 radical (unpaired) electrons. The highest BCUT2D eigenvalue weighted by Gasteiger charge is 2.14. The van der Waals surface area contributed by atoms with Crippen LogP contribution in [0, 0.1) is 0 Å². The van der Waals surface area contributed by atoms with Crippen molar-refractivity contribution in [2.75, 3.05) is 0 Å². The lowest BCUT2D eigenvalue weighted by atomic mass is 10.2. The van der Waals surface area contributed by atoms with Crippen LogP contribution < -0.4 is 11.1 Å². The van der Waals surface area contributed by atoms with E-state index in [1.54, 1.807) is 12.1 Å². The van der Waals surface area contributed by atoms with Crippen LogP contribution in [0.3, 0.4) is 0 Å². The Morgan fingerprint density at radius 3 is 2.81 bits per heavy atom. The highest BCUT2D eigenvalue weighted by atomic mass is 35.5. The second-order valence-corrected chi connectivity index (χ2v) is 6.16. The molecule has 1 N–H and O–H groups in total. The van der Waals surface area contributed by atoms with Crippen molar-refractivity contribution in [1.82, 2.24) is 20.0 Å². The summed E-state index contributed by atoms with van der Waals surface area (Å²) in [4.78, 5) is 28.4. The maximum absolute atomic E-state index is 12.2. The Balaban J connectivity index is 1.43. The first kappa shape index (κ1) is 17.0. The van der Waals surface area contributed by atoms with E-state index in [4.69, 9.17) is 20.5 Å². The van der Waals surface area contributed by atoms with Crippen LogP contribution in [0.2, 0.25) is 5.02 Å². The van der Waals surface area contributed by atoms with Gasteiger partial charge in [0.15, 0.2) is 5.58 Å². The number of fused-ring (bicyclic) bond motifs is 1. The van der Waals surface area contributed by atoms with Gasteiger partial charge in [0.2, 0.25) is 17.6 Å². The Labute approximate surface area is 157 Å². The van der Waals surface area contributed by atoms with E-state index in [2.05, 4.69) is 15.5 Å². The largest absolute Gasteiger partial charge is 0.420 e. The highest BCUT2D eigenvalue weighted by Crippen LogP contribution is 2.18. The quantitative estimate of drug-likeness (QED) is 0.567. The van der Waals surface area contributed by atoms with E-state index < -0.39 is 11.7 Å². The Bertz CT molecular complexity index is 1160. The number of hydrogen-bond donors (Lipinski definition) is 1. The summed E-state index contributed by atoms with van der Waals surface area (Å²) in [7, 11) is 0. The van der Waals surface area contributed by atoms with Crippen molar-refractivity contribution >= 4 is 28.6 Å². The SMILES string of the molecule is O=C(Cn1c(=O)oc2cc(Cl)ccc21)NCc1nc(-c2ccccc2)no1. The zero-order chi connectivity index (χ0) is 18.8. The third-order valence-electron chi connectivity index (χ3n) is 3.87. The number of halogens is 1. The van der Waals surface area contributed by atoms with E-state index in [1.165, 1.54) is 10.6 Å². The van der Waals surface area contributed by atoms with Gasteiger partial charge in [0.1, 0.15) is 6.54 Å². The van der Waals surface area contributed by atoms with Gasteiger partial charge in [0, 0.05) is 16.7 Å². The summed E-state index contributed by atoms with van der Waals surface area (Å²) in [6, 6.07) is 14.1. The zero-order valence-electron chi connectivity index (χ0n) is 13.9. The molecule has 4 aromatic rings. The summed E-state index contributed by atoms with van der Waals surface area (Å²) in [6.07, 6.45) is 0. The van der Waals surface area contributed by atoms with Gasteiger partial charge in [-0.2, -0.15) is 4.98 Å². The number of carbonyl (C=O) groups excluding carboxylic acids is 1. The molecule has 0 aliphatic rings. The van der Waals surface area contributed by atoms with Crippen LogP contribution in [0.25, 0.3) is 22.5 Å². The van der Waals surface area contributed by atoms with E-state index in [0.29, 0.717) is 21.9 Å². The van der Waals surface area contributed by atoms with Crippen LogP contribution in [0.4, 0.5) is 0 Å². The molecular formula is C18H13ClN4O4. The Kier molecular flexibility index (Phi) is 4.47. The van der Waals surface area contributed by atoms with Crippen molar-refractivity contribution in [3.63, 3.8) is 0 Å². The molecule has 2 heterocycles. The van der Waals surface area contributed by atoms with E-state index in [1.807, 2.05) is 30.3 Å². The molecule has 0 saturated carbocycles. The van der Waals surface area contributed by atoms with Gasteiger partial charge >= 0.3 is 5.76 Å². The minimum Gasteiger partial charge on any atom is -0.408 e. The van der Waals surface area contributed by atoms with Crippen LogP contribution >= 0.6 is 11.6 Å². The van der Waals surface area contributed by atoms with Gasteiger partial charge in [-0.15, -0.1) is 0 Å². The van der Waals surface area contributed by atoms with Gasteiger partial charge in [0.05, 0.1) is 12.1 Å². The molecule has 2 aromatic carbocycles. The number of hydrogen-bond acceptors (Lipinski definition) is 6. The molecule has 136 valence electrons. The number of aromatic nitrogens is 3. The molecule has 0 spiro atoms. The Morgan fingerprint density at radius 2 is 2.00 bits per heavy atom. The highest BCUT2D eigenvalue weighted by molar-refractivity contribution is 6.31. The number of nitrogens with zero attached hydrogens (tertiary/aromatic N) is 3. The first-order chi connectivity index (χ1) is 13.1. The van der Waals surface area contributed by atoms with Crippen molar-refractivity contribution in [3.05, 3.63) is 70.0 Å². The predicted molar refractivity (Wildman–Crippen MR) is 97.1 cm³/mol. The predicted octanol–water partition coefficient (Wildman–Crippen LogP) is 2.61. The standard InChI is InChI=1S/C18H13ClN4O4/c19-12-6-7-13-14(8-12)26-18(25)23(13)10-15(24)20-9-16-21-17(22-27-16)11-4-2-1-3-5-11/h1-8H,9-10H2,(H,20,24). The smallest absolute Gasteiger partial charge is 0.408 e. The lowest BCUT2D eigenvalue weighted by Gasteiger charge is -2.03. The zero-order valence-corrected chi connectivity index (χ0v) is 14.6. The lowest BCUT2D eigenvalue weighted by Crippen LogP contribution is -2.30. The molecule has 0 aliphatic carbocycles. The van der Waals surface area contributed by atoms with Crippen LogP contribution in [-0.4, -0.2) is 20.6 Å². The first-order valence-electron chi connectivity index (χ1n) is 8.04. The minimum absolute atomic E-state index is 0.0506. The van der Waals surface area contributed by atoms with E-state index in [9.17, 15) is 9.59 Å². The maximum atomic E-state index is 12.2. The molecule has 0 atom stereocenters. The van der Waals surface area contributed by atoms with E-state index in [0.717, 1.165) is 5.56 Å². The molecule has 4 rings (SSSR count). The molecule has 27 heavy (non-hydrogen) atoms. The monoisotopic (exact) mass is 384 g/mol. The van der Waals surface area contributed by atoms with Crippen LogP contribution in [0.15, 0.2) is 62.3 Å². The third-order valence-corrected chi connectivity index (χ3v) is 4.10. The van der Waals surface area contributed by atoms with Crippen molar-refractivity contribution in [2.45, 2.75) is 13.1 Å². The molecule has 8 nitrogen and oxygen atoms in total. The fourth-order valence-corrected chi connectivity index (χ4v) is 2.76. The van der Waals surface area contributed by atoms with Crippen LogP contribution in [0.5, 0.6) is 0 Å². The number of benzene rings is 2. The second kappa shape index (κ2) is 7.08. The fourth-order valence-electron chi connectivity index (χ4n) is 2.59. The molecule has 0 fully saturated rings. The molecule has 2 aromatic heterocycles.